The van der Waals surface area contributed by atoms with E-state index in [-0.39, 0.29) is 31.8 Å². The maximum absolute atomic E-state index is 12.8. The summed E-state index contributed by atoms with van der Waals surface area (Å²) in [5.41, 5.74) is 2.97. The summed E-state index contributed by atoms with van der Waals surface area (Å²) in [6, 6.07) is 0. The number of hydrogen-bond acceptors (Lipinski definition) is 3. The number of carbonyl (C=O) groups excluding carboxylic acids is 1. The molecule has 0 aromatic heterocycles. The number of rotatable bonds is 3. The first-order valence-electron chi connectivity index (χ1n) is 4.96. The Balaban J connectivity index is 2.72. The van der Waals surface area contributed by atoms with Gasteiger partial charge >= 0.3 is 6.18 Å². The second-order valence-corrected chi connectivity index (χ2v) is 3.80. The number of nitrogens with two attached hydrogens (primary N) is 1. The highest BCUT2D eigenvalue weighted by atomic mass is 19.4. The van der Waals surface area contributed by atoms with Gasteiger partial charge in [0.1, 0.15) is 0 Å². The molecule has 1 atom stereocenters. The van der Waals surface area contributed by atoms with Crippen LogP contribution >= 0.6 is 0 Å². The number of methoxy groups -OCH3 is 1. The van der Waals surface area contributed by atoms with E-state index in [9.17, 15) is 18.0 Å². The normalized spacial score (nSPS) is 26.2. The molecule has 7 heteroatoms. The fourth-order valence-corrected chi connectivity index (χ4v) is 1.79. The zero-order valence-electron chi connectivity index (χ0n) is 9.01. The lowest BCUT2D eigenvalue weighted by atomic mass is 10.0. The molecule has 94 valence electrons. The predicted octanol–water partition coefficient (Wildman–Crippen LogP) is 0.515. The van der Waals surface area contributed by atoms with Crippen molar-refractivity contribution in [2.75, 3.05) is 26.7 Å². The van der Waals surface area contributed by atoms with Crippen LogP contribution in [0.1, 0.15) is 12.8 Å². The van der Waals surface area contributed by atoms with Crippen LogP contribution in [0.4, 0.5) is 13.2 Å². The molecule has 0 aromatic carbocycles. The lowest BCUT2D eigenvalue weighted by Gasteiger charge is -2.30. The summed E-state index contributed by atoms with van der Waals surface area (Å²) >= 11 is 0. The summed E-state index contributed by atoms with van der Waals surface area (Å²) in [7, 11) is 1.02. The Hall–Kier alpha value is -0.820. The van der Waals surface area contributed by atoms with Crippen molar-refractivity contribution < 1.29 is 22.7 Å². The third-order valence-electron chi connectivity index (χ3n) is 2.85. The number of nitrogens with zero attached hydrogens (tertiary/aromatic N) is 1. The van der Waals surface area contributed by atoms with E-state index in [2.05, 4.69) is 4.74 Å². The van der Waals surface area contributed by atoms with Gasteiger partial charge in [-0.25, -0.2) is 0 Å². The smallest absolute Gasteiger partial charge is 0.367 e. The number of hydrogen-bond donors (Lipinski definition) is 1. The molecule has 1 heterocycles. The van der Waals surface area contributed by atoms with E-state index in [1.807, 2.05) is 0 Å². The molecule has 1 saturated heterocycles. The van der Waals surface area contributed by atoms with E-state index in [0.717, 1.165) is 12.0 Å². The Morgan fingerprint density at radius 2 is 2.19 bits per heavy atom. The van der Waals surface area contributed by atoms with Crippen LogP contribution in [0.5, 0.6) is 0 Å². The highest BCUT2D eigenvalue weighted by Crippen LogP contribution is 2.40. The monoisotopic (exact) mass is 240 g/mol. The zero-order chi connectivity index (χ0) is 12.4. The number of alkyl halides is 3. The van der Waals surface area contributed by atoms with Crippen LogP contribution in [0.3, 0.4) is 0 Å². The van der Waals surface area contributed by atoms with Crippen molar-refractivity contribution in [1.82, 2.24) is 4.90 Å². The van der Waals surface area contributed by atoms with Gasteiger partial charge in [-0.2, -0.15) is 13.2 Å². The van der Waals surface area contributed by atoms with Crippen LogP contribution < -0.4 is 5.73 Å². The largest absolute Gasteiger partial charge is 0.419 e. The molecule has 0 bridgehead atoms. The molecule has 1 aliphatic rings. The Bertz CT molecular complexity index is 270. The Kier molecular flexibility index (Phi) is 3.80. The lowest BCUT2D eigenvalue weighted by Crippen LogP contribution is -2.49. The third kappa shape index (κ3) is 2.30. The van der Waals surface area contributed by atoms with Gasteiger partial charge in [0.25, 0.3) is 0 Å². The maximum Gasteiger partial charge on any atom is 0.419 e. The fraction of sp³-hybridized carbons (Fsp3) is 0.889. The van der Waals surface area contributed by atoms with Gasteiger partial charge in [-0.05, 0) is 0 Å². The van der Waals surface area contributed by atoms with Gasteiger partial charge in [-0.15, -0.1) is 0 Å². The van der Waals surface area contributed by atoms with E-state index >= 15 is 0 Å². The molecule has 0 spiro atoms. The topological polar surface area (TPSA) is 55.6 Å². The van der Waals surface area contributed by atoms with Crippen molar-refractivity contribution in [3.63, 3.8) is 0 Å². The van der Waals surface area contributed by atoms with Gasteiger partial charge in [0.05, 0.1) is 6.54 Å². The first kappa shape index (κ1) is 13.2. The average molecular weight is 240 g/mol. The molecule has 0 radical (unpaired) electrons. The molecule has 0 unspecified atom stereocenters. The third-order valence-corrected chi connectivity index (χ3v) is 2.85. The summed E-state index contributed by atoms with van der Waals surface area (Å²) in [5, 5.41) is 0. The summed E-state index contributed by atoms with van der Waals surface area (Å²) < 4.78 is 42.8. The number of halogens is 3. The van der Waals surface area contributed by atoms with Crippen LogP contribution in [0.15, 0.2) is 0 Å². The first-order valence-corrected chi connectivity index (χ1v) is 4.96. The first-order chi connectivity index (χ1) is 7.36. The molecule has 1 fully saturated rings. The van der Waals surface area contributed by atoms with Crippen LogP contribution in [-0.2, 0) is 9.53 Å². The highest BCUT2D eigenvalue weighted by Gasteiger charge is 2.59. The highest BCUT2D eigenvalue weighted by molar-refractivity contribution is 5.76. The van der Waals surface area contributed by atoms with Crippen LogP contribution in [0.2, 0.25) is 0 Å². The van der Waals surface area contributed by atoms with Crippen LogP contribution in [0.25, 0.3) is 0 Å². The Morgan fingerprint density at radius 1 is 1.56 bits per heavy atom. The number of ether oxygens (including phenoxy) is 1. The van der Waals surface area contributed by atoms with Crippen molar-refractivity contribution in [2.45, 2.75) is 24.6 Å². The summed E-state index contributed by atoms with van der Waals surface area (Å²) in [4.78, 5) is 12.6. The minimum Gasteiger partial charge on any atom is -0.367 e. The number of likely N-dealkylation sites (tertiary alicyclic amines) is 1. The van der Waals surface area contributed by atoms with E-state index in [1.165, 1.54) is 0 Å². The van der Waals surface area contributed by atoms with Gasteiger partial charge in [0, 0.05) is 33.0 Å². The predicted molar refractivity (Wildman–Crippen MR) is 50.7 cm³/mol. The second kappa shape index (κ2) is 4.58. The molecule has 16 heavy (non-hydrogen) atoms. The molecule has 0 aliphatic carbocycles. The molecule has 2 N–H and O–H groups in total. The van der Waals surface area contributed by atoms with Gasteiger partial charge in [-0.1, -0.05) is 0 Å². The Labute approximate surface area is 91.5 Å². The number of carbonyl (C=O) groups is 1. The SMILES string of the molecule is CO[C@@]1(C(F)(F)F)CCN(C(=O)CCN)C1. The number of amides is 1. The van der Waals surface area contributed by atoms with E-state index in [0.29, 0.717) is 0 Å². The zero-order valence-corrected chi connectivity index (χ0v) is 9.01. The van der Waals surface area contributed by atoms with Crippen molar-refractivity contribution in [3.05, 3.63) is 0 Å². The molecule has 0 aromatic rings. The maximum atomic E-state index is 12.8. The lowest BCUT2D eigenvalue weighted by molar-refractivity contribution is -0.263. The molecule has 1 aliphatic heterocycles. The van der Waals surface area contributed by atoms with Crippen molar-refractivity contribution in [1.29, 1.82) is 0 Å². The average Bonchev–Trinajstić information content (AvgIpc) is 2.62. The quantitative estimate of drug-likeness (QED) is 0.782. The van der Waals surface area contributed by atoms with Gasteiger partial charge in [-0.3, -0.25) is 4.79 Å². The molecule has 1 rings (SSSR count). The standard InChI is InChI=1S/C9H15F3N2O2/c1-16-8(9(10,11)12)3-5-14(6-8)7(15)2-4-13/h2-6,13H2,1H3/t8-/m0/s1. The fourth-order valence-electron chi connectivity index (χ4n) is 1.79. The summed E-state index contributed by atoms with van der Waals surface area (Å²) in [5.74, 6) is -0.356. The van der Waals surface area contributed by atoms with Gasteiger partial charge < -0.3 is 15.4 Å². The minimum absolute atomic E-state index is 0.0617. The van der Waals surface area contributed by atoms with E-state index in [1.54, 1.807) is 0 Å². The van der Waals surface area contributed by atoms with Crippen molar-refractivity contribution in [3.8, 4) is 0 Å². The minimum atomic E-state index is -4.46. The van der Waals surface area contributed by atoms with Crippen molar-refractivity contribution in [2.24, 2.45) is 5.73 Å². The van der Waals surface area contributed by atoms with Crippen molar-refractivity contribution >= 4 is 5.91 Å². The summed E-state index contributed by atoms with van der Waals surface area (Å²) in [6.07, 6.45) is -4.61. The van der Waals surface area contributed by atoms with Crippen LogP contribution in [-0.4, -0.2) is 49.3 Å². The van der Waals surface area contributed by atoms with E-state index < -0.39 is 18.3 Å². The van der Waals surface area contributed by atoms with Gasteiger partial charge in [0.15, 0.2) is 5.60 Å². The summed E-state index contributed by atoms with van der Waals surface area (Å²) in [6.45, 7) is -0.237. The molecule has 1 amide bonds. The second-order valence-electron chi connectivity index (χ2n) is 3.80. The van der Waals surface area contributed by atoms with Gasteiger partial charge in [0.2, 0.25) is 5.91 Å². The molecule has 4 nitrogen and oxygen atoms in total. The van der Waals surface area contributed by atoms with E-state index in [4.69, 9.17) is 5.73 Å². The van der Waals surface area contributed by atoms with Crippen LogP contribution in [0, 0.1) is 0 Å². The molecular weight excluding hydrogens is 225 g/mol. The molecular formula is C9H15F3N2O2. The molecule has 0 saturated carbocycles. The Morgan fingerprint density at radius 3 is 2.56 bits per heavy atom.